The van der Waals surface area contributed by atoms with Crippen molar-refractivity contribution in [1.82, 2.24) is 4.90 Å². The predicted molar refractivity (Wildman–Crippen MR) is 66.3 cm³/mol. The lowest BCUT2D eigenvalue weighted by Gasteiger charge is -2.41. The van der Waals surface area contributed by atoms with Gasteiger partial charge in [-0.2, -0.15) is 0 Å². The standard InChI is InChI=1S/C13H26N2O/c14-12-7-3-4-8-13(12)15(9-10-16)11-5-1-2-6-11/h11-13,16H,1-10,14H2. The normalized spacial score (nSPS) is 32.4. The molecular formula is C13H26N2O. The Bertz CT molecular complexity index is 204. The number of nitrogens with zero attached hydrogens (tertiary/aromatic N) is 1. The summed E-state index contributed by atoms with van der Waals surface area (Å²) < 4.78 is 0. The van der Waals surface area contributed by atoms with Gasteiger partial charge in [0.1, 0.15) is 0 Å². The molecule has 0 aromatic carbocycles. The van der Waals surface area contributed by atoms with E-state index in [1.807, 2.05) is 0 Å². The molecule has 0 aromatic heterocycles. The molecule has 0 heterocycles. The summed E-state index contributed by atoms with van der Waals surface area (Å²) in [5.74, 6) is 0. The highest BCUT2D eigenvalue weighted by Crippen LogP contribution is 2.30. The van der Waals surface area contributed by atoms with Crippen molar-refractivity contribution in [2.75, 3.05) is 13.2 Å². The molecular weight excluding hydrogens is 200 g/mol. The molecule has 3 nitrogen and oxygen atoms in total. The molecule has 0 spiro atoms. The maximum absolute atomic E-state index is 9.23. The largest absolute Gasteiger partial charge is 0.395 e. The Hall–Kier alpha value is -0.120. The van der Waals surface area contributed by atoms with Crippen molar-refractivity contribution < 1.29 is 5.11 Å². The van der Waals surface area contributed by atoms with Crippen molar-refractivity contribution in [3.05, 3.63) is 0 Å². The lowest BCUT2D eigenvalue weighted by molar-refractivity contribution is 0.0711. The zero-order valence-corrected chi connectivity index (χ0v) is 10.3. The van der Waals surface area contributed by atoms with E-state index in [0.717, 1.165) is 6.54 Å². The lowest BCUT2D eigenvalue weighted by Crippen LogP contribution is -2.53. The van der Waals surface area contributed by atoms with Crippen LogP contribution < -0.4 is 5.73 Å². The summed E-state index contributed by atoms with van der Waals surface area (Å²) in [6.45, 7) is 1.10. The lowest BCUT2D eigenvalue weighted by atomic mass is 9.88. The van der Waals surface area contributed by atoms with Gasteiger partial charge < -0.3 is 10.8 Å². The van der Waals surface area contributed by atoms with Gasteiger partial charge in [-0.05, 0) is 25.7 Å². The van der Waals surface area contributed by atoms with E-state index in [1.54, 1.807) is 0 Å². The van der Waals surface area contributed by atoms with Gasteiger partial charge in [-0.1, -0.05) is 25.7 Å². The van der Waals surface area contributed by atoms with Gasteiger partial charge in [0, 0.05) is 24.7 Å². The van der Waals surface area contributed by atoms with E-state index in [4.69, 9.17) is 5.73 Å². The summed E-state index contributed by atoms with van der Waals surface area (Å²) in [5, 5.41) is 9.23. The zero-order valence-electron chi connectivity index (χ0n) is 10.3. The smallest absolute Gasteiger partial charge is 0.0558 e. The minimum Gasteiger partial charge on any atom is -0.395 e. The van der Waals surface area contributed by atoms with Gasteiger partial charge in [0.05, 0.1) is 6.61 Å². The fraction of sp³-hybridized carbons (Fsp3) is 1.00. The van der Waals surface area contributed by atoms with Crippen LogP contribution >= 0.6 is 0 Å². The van der Waals surface area contributed by atoms with E-state index in [0.29, 0.717) is 18.1 Å². The van der Waals surface area contributed by atoms with Crippen LogP contribution in [0, 0.1) is 0 Å². The average Bonchev–Trinajstić information content (AvgIpc) is 2.80. The second kappa shape index (κ2) is 5.99. The van der Waals surface area contributed by atoms with Crippen LogP contribution in [0.3, 0.4) is 0 Å². The van der Waals surface area contributed by atoms with Crippen LogP contribution in [-0.4, -0.2) is 41.3 Å². The molecule has 3 heteroatoms. The second-order valence-electron chi connectivity index (χ2n) is 5.42. The Labute approximate surface area is 99.0 Å². The highest BCUT2D eigenvalue weighted by atomic mass is 16.3. The van der Waals surface area contributed by atoms with Gasteiger partial charge in [-0.3, -0.25) is 4.90 Å². The maximum atomic E-state index is 9.23. The van der Waals surface area contributed by atoms with Crippen molar-refractivity contribution >= 4 is 0 Å². The van der Waals surface area contributed by atoms with Crippen LogP contribution in [0.5, 0.6) is 0 Å². The average molecular weight is 226 g/mol. The van der Waals surface area contributed by atoms with E-state index in [1.165, 1.54) is 51.4 Å². The van der Waals surface area contributed by atoms with E-state index < -0.39 is 0 Å². The van der Waals surface area contributed by atoms with E-state index >= 15 is 0 Å². The van der Waals surface area contributed by atoms with Gasteiger partial charge >= 0.3 is 0 Å². The number of rotatable bonds is 4. The third-order valence-electron chi connectivity index (χ3n) is 4.36. The Morgan fingerprint density at radius 1 is 1.00 bits per heavy atom. The molecule has 2 fully saturated rings. The molecule has 0 saturated heterocycles. The Balaban J connectivity index is 1.98. The van der Waals surface area contributed by atoms with Crippen molar-refractivity contribution in [2.45, 2.75) is 69.5 Å². The highest BCUT2D eigenvalue weighted by Gasteiger charge is 2.32. The number of aliphatic hydroxyl groups is 1. The van der Waals surface area contributed by atoms with E-state index in [9.17, 15) is 5.11 Å². The molecule has 94 valence electrons. The van der Waals surface area contributed by atoms with Gasteiger partial charge in [-0.15, -0.1) is 0 Å². The number of aliphatic hydroxyl groups excluding tert-OH is 1. The maximum Gasteiger partial charge on any atom is 0.0558 e. The molecule has 2 aliphatic carbocycles. The molecule has 2 unspecified atom stereocenters. The van der Waals surface area contributed by atoms with Gasteiger partial charge in [0.15, 0.2) is 0 Å². The quantitative estimate of drug-likeness (QED) is 0.763. The third-order valence-corrected chi connectivity index (χ3v) is 4.36. The molecule has 0 bridgehead atoms. The molecule has 2 aliphatic rings. The number of hydrogen-bond acceptors (Lipinski definition) is 3. The molecule has 0 radical (unpaired) electrons. The van der Waals surface area contributed by atoms with E-state index in [-0.39, 0.29) is 6.61 Å². The Morgan fingerprint density at radius 2 is 1.62 bits per heavy atom. The van der Waals surface area contributed by atoms with Crippen LogP contribution in [-0.2, 0) is 0 Å². The van der Waals surface area contributed by atoms with Crippen LogP contribution in [0.25, 0.3) is 0 Å². The monoisotopic (exact) mass is 226 g/mol. The van der Waals surface area contributed by atoms with Gasteiger partial charge in [-0.25, -0.2) is 0 Å². The predicted octanol–water partition coefficient (Wildman–Crippen LogP) is 1.49. The summed E-state index contributed by atoms with van der Waals surface area (Å²) in [6.07, 6.45) is 10.3. The van der Waals surface area contributed by atoms with Gasteiger partial charge in [0.2, 0.25) is 0 Å². The van der Waals surface area contributed by atoms with E-state index in [2.05, 4.69) is 4.90 Å². The van der Waals surface area contributed by atoms with Crippen molar-refractivity contribution in [3.63, 3.8) is 0 Å². The number of hydrogen-bond donors (Lipinski definition) is 2. The first-order chi connectivity index (χ1) is 7.83. The molecule has 2 saturated carbocycles. The fourth-order valence-electron chi connectivity index (χ4n) is 3.52. The minimum atomic E-state index is 0.278. The third kappa shape index (κ3) is 2.76. The Morgan fingerprint density at radius 3 is 2.25 bits per heavy atom. The first-order valence-corrected chi connectivity index (χ1v) is 6.95. The van der Waals surface area contributed by atoms with Gasteiger partial charge in [0.25, 0.3) is 0 Å². The molecule has 2 rings (SSSR count). The zero-order chi connectivity index (χ0) is 11.4. The van der Waals surface area contributed by atoms with Crippen LogP contribution in [0.15, 0.2) is 0 Å². The van der Waals surface area contributed by atoms with Crippen molar-refractivity contribution in [3.8, 4) is 0 Å². The number of nitrogens with two attached hydrogens (primary N) is 1. The summed E-state index contributed by atoms with van der Waals surface area (Å²) >= 11 is 0. The van der Waals surface area contributed by atoms with Crippen LogP contribution in [0.4, 0.5) is 0 Å². The van der Waals surface area contributed by atoms with Crippen LogP contribution in [0.1, 0.15) is 51.4 Å². The molecule has 0 aromatic rings. The molecule has 16 heavy (non-hydrogen) atoms. The summed E-state index contributed by atoms with van der Waals surface area (Å²) in [7, 11) is 0. The Kier molecular flexibility index (Phi) is 4.62. The topological polar surface area (TPSA) is 49.5 Å². The molecule has 3 N–H and O–H groups in total. The molecule has 2 atom stereocenters. The second-order valence-corrected chi connectivity index (χ2v) is 5.42. The summed E-state index contributed by atoms with van der Waals surface area (Å²) in [4.78, 5) is 2.52. The first kappa shape index (κ1) is 12.3. The minimum absolute atomic E-state index is 0.278. The van der Waals surface area contributed by atoms with Crippen LogP contribution in [0.2, 0.25) is 0 Å². The molecule has 0 aliphatic heterocycles. The SMILES string of the molecule is NC1CCCCC1N(CCO)C1CCCC1. The molecule has 0 amide bonds. The van der Waals surface area contributed by atoms with Crippen molar-refractivity contribution in [1.29, 1.82) is 0 Å². The highest BCUT2D eigenvalue weighted by molar-refractivity contribution is 4.90. The fourth-order valence-corrected chi connectivity index (χ4v) is 3.52. The summed E-state index contributed by atoms with van der Waals surface area (Å²) in [6, 6.07) is 1.56. The van der Waals surface area contributed by atoms with Crippen molar-refractivity contribution in [2.24, 2.45) is 5.73 Å². The first-order valence-electron chi connectivity index (χ1n) is 6.95. The summed E-state index contributed by atoms with van der Waals surface area (Å²) in [5.41, 5.74) is 6.25.